The van der Waals surface area contributed by atoms with Crippen molar-refractivity contribution in [2.24, 2.45) is 10.4 Å². The summed E-state index contributed by atoms with van der Waals surface area (Å²) in [6.07, 6.45) is 9.92. The number of aliphatic imine (C=N–C) groups is 1. The molecule has 6 rings (SSSR count). The van der Waals surface area contributed by atoms with Crippen LogP contribution in [0.4, 0.5) is 14.6 Å². The third-order valence-corrected chi connectivity index (χ3v) is 8.18. The molecule has 1 aliphatic carbocycles. The lowest BCUT2D eigenvalue weighted by Crippen LogP contribution is -2.43. The quantitative estimate of drug-likeness (QED) is 0.399. The molecule has 0 radical (unpaired) electrons. The Bertz CT molecular complexity index is 1460. The van der Waals surface area contributed by atoms with Crippen molar-refractivity contribution in [1.82, 2.24) is 19.7 Å². The number of halogens is 2. The topological polar surface area (TPSA) is 68.4 Å². The van der Waals surface area contributed by atoms with Crippen molar-refractivity contribution >= 4 is 28.8 Å². The fourth-order valence-electron chi connectivity index (χ4n) is 5.72. The minimum absolute atomic E-state index is 0.0209. The van der Waals surface area contributed by atoms with Gasteiger partial charge in [0.15, 0.2) is 0 Å². The van der Waals surface area contributed by atoms with Crippen molar-refractivity contribution in [3.05, 3.63) is 71.1 Å². The molecule has 0 unspecified atom stereocenters. The van der Waals surface area contributed by atoms with Gasteiger partial charge < -0.3 is 9.64 Å². The van der Waals surface area contributed by atoms with Crippen LogP contribution in [0.3, 0.4) is 0 Å². The Balaban J connectivity index is 1.16. The van der Waals surface area contributed by atoms with Crippen molar-refractivity contribution in [3.63, 3.8) is 0 Å². The van der Waals surface area contributed by atoms with Crippen LogP contribution in [0, 0.1) is 5.41 Å². The number of benzene rings is 1. The maximum Gasteiger partial charge on any atom is 0.333 e. The van der Waals surface area contributed by atoms with Gasteiger partial charge in [0.2, 0.25) is 0 Å². The van der Waals surface area contributed by atoms with Crippen LogP contribution in [0.25, 0.3) is 17.2 Å². The molecule has 4 heterocycles. The summed E-state index contributed by atoms with van der Waals surface area (Å²) in [6.45, 7) is 3.51. The zero-order valence-electron chi connectivity index (χ0n) is 21.8. The highest BCUT2D eigenvalue weighted by molar-refractivity contribution is 6.03. The summed E-state index contributed by atoms with van der Waals surface area (Å²) in [5.41, 5.74) is 8.38. The Hall–Kier alpha value is -3.88. The van der Waals surface area contributed by atoms with Crippen LogP contribution in [0.5, 0.6) is 5.75 Å². The van der Waals surface area contributed by atoms with E-state index in [1.807, 2.05) is 18.2 Å². The lowest BCUT2D eigenvalue weighted by molar-refractivity contribution is 0.0566. The lowest BCUT2D eigenvalue weighted by atomic mass is 9.74. The number of anilines is 1. The second kappa shape index (κ2) is 9.45. The molecule has 0 N–H and O–H groups in total. The van der Waals surface area contributed by atoms with Crippen molar-refractivity contribution < 1.29 is 13.5 Å². The number of piperidine rings is 1. The van der Waals surface area contributed by atoms with E-state index in [1.165, 1.54) is 29.2 Å². The number of aromatic nitrogens is 4. The Morgan fingerprint density at radius 3 is 2.47 bits per heavy atom. The second-order valence-corrected chi connectivity index (χ2v) is 10.5. The van der Waals surface area contributed by atoms with Gasteiger partial charge in [0.1, 0.15) is 17.9 Å². The van der Waals surface area contributed by atoms with E-state index in [1.54, 1.807) is 13.4 Å². The minimum Gasteiger partial charge on any atom is -0.497 e. The summed E-state index contributed by atoms with van der Waals surface area (Å²) in [6, 6.07) is 8.21. The molecule has 3 aliphatic rings. The normalized spacial score (nSPS) is 18.6. The molecule has 196 valence electrons. The summed E-state index contributed by atoms with van der Waals surface area (Å²) in [5, 5.41) is 3.79. The molecular formula is C29H30F2N6O. The number of fused-ring (bicyclic) bond motifs is 1. The van der Waals surface area contributed by atoms with Gasteiger partial charge in [0, 0.05) is 60.1 Å². The Labute approximate surface area is 220 Å². The maximum absolute atomic E-state index is 13.0. The van der Waals surface area contributed by atoms with Crippen LogP contribution in [0.2, 0.25) is 0 Å². The fraction of sp³-hybridized carbons (Fsp3) is 0.379. The Morgan fingerprint density at radius 1 is 1.03 bits per heavy atom. The van der Waals surface area contributed by atoms with Gasteiger partial charge in [-0.25, -0.2) is 14.6 Å². The van der Waals surface area contributed by atoms with Gasteiger partial charge in [-0.1, -0.05) is 19.1 Å². The van der Waals surface area contributed by atoms with Gasteiger partial charge in [-0.2, -0.15) is 13.9 Å². The van der Waals surface area contributed by atoms with Crippen LogP contribution >= 0.6 is 0 Å². The van der Waals surface area contributed by atoms with Crippen LogP contribution in [0.15, 0.2) is 53.7 Å². The summed E-state index contributed by atoms with van der Waals surface area (Å²) in [4.78, 5) is 16.5. The molecule has 1 saturated heterocycles. The van der Waals surface area contributed by atoms with E-state index < -0.39 is 6.55 Å². The highest BCUT2D eigenvalue weighted by Gasteiger charge is 2.38. The van der Waals surface area contributed by atoms with Crippen molar-refractivity contribution in [2.45, 2.75) is 46.1 Å². The van der Waals surface area contributed by atoms with Gasteiger partial charge in [-0.15, -0.1) is 0 Å². The molecule has 2 aromatic heterocycles. The van der Waals surface area contributed by atoms with Gasteiger partial charge in [0.05, 0.1) is 19.0 Å². The van der Waals surface area contributed by atoms with Crippen molar-refractivity contribution in [2.75, 3.05) is 25.1 Å². The highest BCUT2D eigenvalue weighted by Crippen LogP contribution is 2.43. The second-order valence-electron chi connectivity index (χ2n) is 10.5. The van der Waals surface area contributed by atoms with Crippen LogP contribution in [-0.2, 0) is 6.42 Å². The monoisotopic (exact) mass is 516 g/mol. The molecule has 7 nitrogen and oxygen atoms in total. The number of rotatable bonds is 6. The molecule has 1 fully saturated rings. The predicted molar refractivity (Wildman–Crippen MR) is 144 cm³/mol. The van der Waals surface area contributed by atoms with E-state index in [0.717, 1.165) is 66.4 Å². The Kier molecular flexibility index (Phi) is 6.08. The predicted octanol–water partition coefficient (Wildman–Crippen LogP) is 6.06. The molecule has 2 aliphatic heterocycles. The molecule has 0 spiro atoms. The molecule has 0 atom stereocenters. The van der Waals surface area contributed by atoms with E-state index in [-0.39, 0.29) is 5.41 Å². The number of methoxy groups -OCH3 is 1. The van der Waals surface area contributed by atoms with Gasteiger partial charge in [0.25, 0.3) is 0 Å². The number of nitrogens with zero attached hydrogens (tertiary/aromatic N) is 6. The summed E-state index contributed by atoms with van der Waals surface area (Å²) in [5.74, 6) is 1.77. The zero-order chi connectivity index (χ0) is 26.4. The van der Waals surface area contributed by atoms with Crippen LogP contribution in [-0.4, -0.2) is 45.7 Å². The van der Waals surface area contributed by atoms with Gasteiger partial charge in [-0.3, -0.25) is 4.99 Å². The van der Waals surface area contributed by atoms with Crippen LogP contribution in [0.1, 0.15) is 62.0 Å². The number of alkyl halides is 2. The number of hydrogen-bond donors (Lipinski definition) is 0. The van der Waals surface area contributed by atoms with E-state index >= 15 is 0 Å². The van der Waals surface area contributed by atoms with Gasteiger partial charge >= 0.3 is 6.55 Å². The summed E-state index contributed by atoms with van der Waals surface area (Å²) < 4.78 is 32.0. The first-order valence-electron chi connectivity index (χ1n) is 12.9. The smallest absolute Gasteiger partial charge is 0.333 e. The van der Waals surface area contributed by atoms with Crippen LogP contribution < -0.4 is 9.64 Å². The minimum atomic E-state index is -2.65. The lowest BCUT2D eigenvalue weighted by Gasteiger charge is -2.40. The van der Waals surface area contributed by atoms with E-state index in [2.05, 4.69) is 45.9 Å². The first kappa shape index (κ1) is 24.5. The Morgan fingerprint density at radius 2 is 1.79 bits per heavy atom. The molecule has 38 heavy (non-hydrogen) atoms. The number of hydrogen-bond acceptors (Lipinski definition) is 6. The molecule has 0 amide bonds. The summed E-state index contributed by atoms with van der Waals surface area (Å²) in [7, 11) is 1.68. The van der Waals surface area contributed by atoms with E-state index in [4.69, 9.17) is 9.73 Å². The average Bonchev–Trinajstić information content (AvgIpc) is 3.67. The maximum atomic E-state index is 13.0. The third-order valence-electron chi connectivity index (χ3n) is 8.18. The number of allylic oxidation sites excluding steroid dienone is 3. The molecule has 0 bridgehead atoms. The SMILES string of the molecule is COc1ccc(C2=C(C)N=C(C3(C)CCN(c4ncnc5c4C=C(c4cnn(C(F)F)c4)C5)CC3)C2)cc1. The van der Waals surface area contributed by atoms with Crippen molar-refractivity contribution in [1.29, 1.82) is 0 Å². The number of ether oxygens (including phenoxy) is 1. The molecule has 9 heteroatoms. The largest absolute Gasteiger partial charge is 0.497 e. The average molecular weight is 517 g/mol. The van der Waals surface area contributed by atoms with E-state index in [9.17, 15) is 8.78 Å². The fourth-order valence-corrected chi connectivity index (χ4v) is 5.72. The standard InChI is InChI=1S/C29H30F2N6O/c1-18-23(19-4-6-22(38-3)7-5-19)14-26(35-18)29(2)8-10-36(11-9-29)27-24-12-20(13-25(24)32-17-33-27)21-15-34-37(16-21)28(30)31/h4-7,12,15-17,28H,8-11,13-14H2,1-3H3. The molecular weight excluding hydrogens is 486 g/mol. The molecule has 0 saturated carbocycles. The van der Waals surface area contributed by atoms with E-state index in [0.29, 0.717) is 16.7 Å². The molecule has 1 aromatic carbocycles. The first-order chi connectivity index (χ1) is 18.3. The third kappa shape index (κ3) is 4.29. The molecule has 3 aromatic rings. The highest BCUT2D eigenvalue weighted by atomic mass is 19.3. The first-order valence-corrected chi connectivity index (χ1v) is 12.9. The summed E-state index contributed by atoms with van der Waals surface area (Å²) >= 11 is 0. The van der Waals surface area contributed by atoms with Gasteiger partial charge in [-0.05, 0) is 54.7 Å². The zero-order valence-corrected chi connectivity index (χ0v) is 21.8. The van der Waals surface area contributed by atoms with Crippen molar-refractivity contribution in [3.8, 4) is 5.75 Å².